The first kappa shape index (κ1) is 15.3. The molecule has 1 aromatic heterocycles. The molecule has 0 aliphatic rings. The van der Waals surface area contributed by atoms with E-state index in [0.717, 1.165) is 6.07 Å². The summed E-state index contributed by atoms with van der Waals surface area (Å²) in [6.07, 6.45) is 1.45. The van der Waals surface area contributed by atoms with Crippen LogP contribution in [0, 0.1) is 5.82 Å². The molecule has 114 valence electrons. The van der Waals surface area contributed by atoms with Gasteiger partial charge in [-0.05, 0) is 18.2 Å². The van der Waals surface area contributed by atoms with Crippen molar-refractivity contribution in [3.05, 3.63) is 42.0 Å². The number of aryl methyl sites for hydroxylation is 1. The van der Waals surface area contributed by atoms with E-state index in [-0.39, 0.29) is 22.9 Å². The van der Waals surface area contributed by atoms with Crippen LogP contribution < -0.4 is 15.2 Å². The maximum atomic E-state index is 13.6. The van der Waals surface area contributed by atoms with Crippen molar-refractivity contribution in [3.63, 3.8) is 0 Å². The lowest BCUT2D eigenvalue weighted by Crippen LogP contribution is -2.12. The molecule has 0 aliphatic heterocycles. The maximum Gasteiger partial charge on any atom is 0.263 e. The van der Waals surface area contributed by atoms with E-state index in [1.165, 1.54) is 31.5 Å². The van der Waals surface area contributed by atoms with Gasteiger partial charge >= 0.3 is 0 Å². The lowest BCUT2D eigenvalue weighted by Gasteiger charge is -2.08. The van der Waals surface area contributed by atoms with Crippen molar-refractivity contribution in [1.82, 2.24) is 4.57 Å². The van der Waals surface area contributed by atoms with Crippen molar-refractivity contribution >= 4 is 15.7 Å². The first-order valence-corrected chi connectivity index (χ1v) is 7.57. The molecule has 0 spiro atoms. The smallest absolute Gasteiger partial charge is 0.263 e. The van der Waals surface area contributed by atoms with Gasteiger partial charge in [-0.3, -0.25) is 4.72 Å². The molecule has 0 atom stereocenters. The average Bonchev–Trinajstić information content (AvgIpc) is 2.80. The van der Waals surface area contributed by atoms with Crippen LogP contribution in [0.2, 0.25) is 0 Å². The molecular weight excluding hydrogens is 297 g/mol. The number of methoxy groups -OCH3 is 1. The average molecular weight is 313 g/mol. The molecular formula is C13H16FN3O3S. The first-order valence-electron chi connectivity index (χ1n) is 6.09. The SMILES string of the molecule is COc1ccc(NS(=O)(=O)c2cc(CN)n(C)c2)cc1F. The van der Waals surface area contributed by atoms with Crippen LogP contribution in [0.4, 0.5) is 10.1 Å². The lowest BCUT2D eigenvalue weighted by molar-refractivity contribution is 0.386. The Balaban J connectivity index is 2.30. The Labute approximate surface area is 122 Å². The van der Waals surface area contributed by atoms with E-state index in [0.29, 0.717) is 5.69 Å². The highest BCUT2D eigenvalue weighted by Gasteiger charge is 2.18. The second-order valence-electron chi connectivity index (χ2n) is 4.44. The third kappa shape index (κ3) is 3.17. The first-order chi connectivity index (χ1) is 9.87. The van der Waals surface area contributed by atoms with Gasteiger partial charge in [-0.1, -0.05) is 0 Å². The van der Waals surface area contributed by atoms with Gasteiger partial charge in [0, 0.05) is 31.5 Å². The number of ether oxygens (including phenoxy) is 1. The highest BCUT2D eigenvalue weighted by molar-refractivity contribution is 7.92. The van der Waals surface area contributed by atoms with Crippen LogP contribution in [0.25, 0.3) is 0 Å². The Kier molecular flexibility index (Phi) is 4.19. The second kappa shape index (κ2) is 5.74. The molecule has 0 radical (unpaired) electrons. The molecule has 21 heavy (non-hydrogen) atoms. The Hall–Kier alpha value is -2.06. The number of sulfonamides is 1. The molecule has 2 aromatic rings. The summed E-state index contributed by atoms with van der Waals surface area (Å²) in [5.74, 6) is -0.600. The summed E-state index contributed by atoms with van der Waals surface area (Å²) in [7, 11) is -0.759. The summed E-state index contributed by atoms with van der Waals surface area (Å²) in [5, 5.41) is 0. The van der Waals surface area contributed by atoms with E-state index >= 15 is 0 Å². The van der Waals surface area contributed by atoms with Gasteiger partial charge < -0.3 is 15.0 Å². The summed E-state index contributed by atoms with van der Waals surface area (Å²) in [4.78, 5) is 0.0710. The van der Waals surface area contributed by atoms with E-state index in [4.69, 9.17) is 10.5 Å². The van der Waals surface area contributed by atoms with E-state index in [1.807, 2.05) is 0 Å². The van der Waals surface area contributed by atoms with E-state index in [1.54, 1.807) is 11.6 Å². The Morgan fingerprint density at radius 2 is 2.10 bits per heavy atom. The molecule has 0 saturated heterocycles. The second-order valence-corrected chi connectivity index (χ2v) is 6.12. The fourth-order valence-corrected chi connectivity index (χ4v) is 3.01. The number of benzene rings is 1. The molecule has 3 N–H and O–H groups in total. The summed E-state index contributed by atoms with van der Waals surface area (Å²) < 4.78 is 46.8. The molecule has 0 unspecified atom stereocenters. The van der Waals surface area contributed by atoms with Crippen molar-refractivity contribution < 1.29 is 17.5 Å². The van der Waals surface area contributed by atoms with Gasteiger partial charge in [-0.15, -0.1) is 0 Å². The molecule has 0 saturated carbocycles. The fraction of sp³-hybridized carbons (Fsp3) is 0.231. The van der Waals surface area contributed by atoms with Gasteiger partial charge in [0.05, 0.1) is 12.8 Å². The van der Waals surface area contributed by atoms with E-state index in [9.17, 15) is 12.8 Å². The number of nitrogens with one attached hydrogen (secondary N) is 1. The molecule has 2 rings (SSSR count). The molecule has 1 aromatic carbocycles. The number of halogens is 1. The van der Waals surface area contributed by atoms with Gasteiger partial charge in [0.2, 0.25) is 0 Å². The van der Waals surface area contributed by atoms with Gasteiger partial charge in [0.1, 0.15) is 4.90 Å². The Morgan fingerprint density at radius 1 is 1.38 bits per heavy atom. The van der Waals surface area contributed by atoms with Crippen LogP contribution in [0.3, 0.4) is 0 Å². The minimum atomic E-state index is -3.80. The van der Waals surface area contributed by atoms with Crippen molar-refractivity contribution in [2.75, 3.05) is 11.8 Å². The normalized spacial score (nSPS) is 11.4. The molecule has 0 fully saturated rings. The van der Waals surface area contributed by atoms with Gasteiger partial charge in [-0.2, -0.15) is 0 Å². The number of nitrogens with zero attached hydrogens (tertiary/aromatic N) is 1. The van der Waals surface area contributed by atoms with Crippen molar-refractivity contribution in [3.8, 4) is 5.75 Å². The molecule has 0 bridgehead atoms. The van der Waals surface area contributed by atoms with Crippen molar-refractivity contribution in [1.29, 1.82) is 0 Å². The molecule has 8 heteroatoms. The predicted molar refractivity (Wildman–Crippen MR) is 77.1 cm³/mol. The topological polar surface area (TPSA) is 86.3 Å². The minimum absolute atomic E-state index is 0.0445. The summed E-state index contributed by atoms with van der Waals surface area (Å²) in [6.45, 7) is 0.225. The number of anilines is 1. The van der Waals surface area contributed by atoms with Crippen LogP contribution in [0.15, 0.2) is 35.4 Å². The van der Waals surface area contributed by atoms with Crippen LogP contribution in [0.5, 0.6) is 5.75 Å². The van der Waals surface area contributed by atoms with Crippen LogP contribution in [-0.4, -0.2) is 20.1 Å². The molecule has 0 aliphatic carbocycles. The van der Waals surface area contributed by atoms with Crippen LogP contribution >= 0.6 is 0 Å². The Bertz CT molecular complexity index is 756. The van der Waals surface area contributed by atoms with Crippen molar-refractivity contribution in [2.24, 2.45) is 12.8 Å². The maximum absolute atomic E-state index is 13.6. The summed E-state index contributed by atoms with van der Waals surface area (Å²) in [5.41, 5.74) is 6.31. The summed E-state index contributed by atoms with van der Waals surface area (Å²) in [6, 6.07) is 5.31. The quantitative estimate of drug-likeness (QED) is 0.874. The van der Waals surface area contributed by atoms with Gasteiger partial charge in [0.25, 0.3) is 10.0 Å². The fourth-order valence-electron chi connectivity index (χ4n) is 1.87. The van der Waals surface area contributed by atoms with Gasteiger partial charge in [0.15, 0.2) is 11.6 Å². The van der Waals surface area contributed by atoms with Crippen molar-refractivity contribution in [2.45, 2.75) is 11.4 Å². The third-order valence-corrected chi connectivity index (χ3v) is 4.35. The lowest BCUT2D eigenvalue weighted by atomic mass is 10.3. The predicted octanol–water partition coefficient (Wildman–Crippen LogP) is 1.43. The highest BCUT2D eigenvalue weighted by Crippen LogP contribution is 2.23. The number of rotatable bonds is 5. The van der Waals surface area contributed by atoms with E-state index < -0.39 is 15.8 Å². The Morgan fingerprint density at radius 3 is 2.62 bits per heavy atom. The van der Waals surface area contributed by atoms with E-state index in [2.05, 4.69) is 4.72 Å². The summed E-state index contributed by atoms with van der Waals surface area (Å²) >= 11 is 0. The standard InChI is InChI=1S/C13H16FN3O3S/c1-17-8-11(6-10(17)7-15)21(18,19)16-9-3-4-13(20-2)12(14)5-9/h3-6,8,16H,7,15H2,1-2H3. The molecule has 1 heterocycles. The van der Waals surface area contributed by atoms with Crippen LogP contribution in [-0.2, 0) is 23.6 Å². The zero-order valence-corrected chi connectivity index (χ0v) is 12.4. The minimum Gasteiger partial charge on any atom is -0.494 e. The monoisotopic (exact) mass is 313 g/mol. The highest BCUT2D eigenvalue weighted by atomic mass is 32.2. The molecule has 6 nitrogen and oxygen atoms in total. The van der Waals surface area contributed by atoms with Crippen LogP contribution in [0.1, 0.15) is 5.69 Å². The zero-order chi connectivity index (χ0) is 15.6. The molecule has 0 amide bonds. The number of aromatic nitrogens is 1. The third-order valence-electron chi connectivity index (χ3n) is 3.01. The largest absolute Gasteiger partial charge is 0.494 e. The number of nitrogens with two attached hydrogens (primary N) is 1. The number of hydrogen-bond acceptors (Lipinski definition) is 4. The number of hydrogen-bond donors (Lipinski definition) is 2. The van der Waals surface area contributed by atoms with Gasteiger partial charge in [-0.25, -0.2) is 12.8 Å². The zero-order valence-electron chi connectivity index (χ0n) is 11.6.